The number of hydrogen-bond donors (Lipinski definition) is 1. The molecule has 1 aliphatic rings. The second-order valence-corrected chi connectivity index (χ2v) is 6.73. The summed E-state index contributed by atoms with van der Waals surface area (Å²) < 4.78 is 5.24. The smallest absolute Gasteiger partial charge is 0.326 e. The molecule has 1 rings (SSSR count). The number of carboxylic acids is 1. The molecule has 0 spiro atoms. The minimum atomic E-state index is -1.03. The molecule has 1 amide bonds. The van der Waals surface area contributed by atoms with Crippen LogP contribution in [0.5, 0.6) is 0 Å². The van der Waals surface area contributed by atoms with Gasteiger partial charge in [-0.05, 0) is 41.0 Å². The van der Waals surface area contributed by atoms with Crippen LogP contribution in [0.4, 0.5) is 0 Å². The topological polar surface area (TPSA) is 83.9 Å². The van der Waals surface area contributed by atoms with E-state index in [4.69, 9.17) is 4.74 Å². The summed E-state index contributed by atoms with van der Waals surface area (Å²) in [5.74, 6) is -1.70. The Kier molecular flexibility index (Phi) is 4.46. The van der Waals surface area contributed by atoms with Gasteiger partial charge in [-0.2, -0.15) is 0 Å². The van der Waals surface area contributed by atoms with Gasteiger partial charge in [0.2, 0.25) is 5.91 Å². The summed E-state index contributed by atoms with van der Waals surface area (Å²) in [4.78, 5) is 36.3. The minimum Gasteiger partial charge on any atom is -0.480 e. The van der Waals surface area contributed by atoms with Crippen LogP contribution < -0.4 is 0 Å². The van der Waals surface area contributed by atoms with Crippen molar-refractivity contribution in [3.05, 3.63) is 0 Å². The van der Waals surface area contributed by atoms with Crippen molar-refractivity contribution < 1.29 is 24.2 Å². The number of ether oxygens (including phenoxy) is 1. The molecular formula is C14H23NO5. The molecule has 6 heteroatoms. The SMILES string of the molecule is CC(C)(C)OC(=O)CC(C)(C)N1C(=O)CC[C@H]1C(=O)O. The summed E-state index contributed by atoms with van der Waals surface area (Å²) >= 11 is 0. The third kappa shape index (κ3) is 3.95. The molecule has 20 heavy (non-hydrogen) atoms. The molecular weight excluding hydrogens is 262 g/mol. The van der Waals surface area contributed by atoms with Crippen molar-refractivity contribution in [3.63, 3.8) is 0 Å². The Balaban J connectivity index is 2.84. The molecule has 0 aromatic heterocycles. The standard InChI is InChI=1S/C14H23NO5/c1-13(2,3)20-11(17)8-14(4,5)15-9(12(18)19)6-7-10(15)16/h9H,6-8H2,1-5H3,(H,18,19)/t9-/m0/s1. The number of likely N-dealkylation sites (tertiary alicyclic amines) is 1. The number of carboxylic acid groups (broad SMARTS) is 1. The van der Waals surface area contributed by atoms with Crippen LogP contribution in [0.2, 0.25) is 0 Å². The molecule has 1 saturated heterocycles. The molecule has 0 saturated carbocycles. The quantitative estimate of drug-likeness (QED) is 0.793. The second-order valence-electron chi connectivity index (χ2n) is 6.73. The van der Waals surface area contributed by atoms with Crippen molar-refractivity contribution in [2.45, 2.75) is 71.1 Å². The monoisotopic (exact) mass is 285 g/mol. The van der Waals surface area contributed by atoms with Crippen molar-refractivity contribution >= 4 is 17.8 Å². The molecule has 0 bridgehead atoms. The predicted molar refractivity (Wildman–Crippen MR) is 72.0 cm³/mol. The van der Waals surface area contributed by atoms with Crippen LogP contribution in [0.15, 0.2) is 0 Å². The third-order valence-corrected chi connectivity index (χ3v) is 3.15. The van der Waals surface area contributed by atoms with Crippen molar-refractivity contribution in [1.82, 2.24) is 4.90 Å². The average Bonchev–Trinajstić information content (AvgIpc) is 2.56. The van der Waals surface area contributed by atoms with Gasteiger partial charge in [0, 0.05) is 12.0 Å². The first kappa shape index (κ1) is 16.5. The zero-order valence-electron chi connectivity index (χ0n) is 12.7. The molecule has 0 aromatic carbocycles. The predicted octanol–water partition coefficient (Wildman–Crippen LogP) is 1.57. The summed E-state index contributed by atoms with van der Waals surface area (Å²) in [6, 6.07) is -0.861. The summed E-state index contributed by atoms with van der Waals surface area (Å²) in [6.07, 6.45) is 0.459. The number of amides is 1. The van der Waals surface area contributed by atoms with Crippen LogP contribution in [0.1, 0.15) is 53.9 Å². The maximum atomic E-state index is 11.9. The van der Waals surface area contributed by atoms with E-state index in [1.54, 1.807) is 34.6 Å². The normalized spacial score (nSPS) is 20.1. The van der Waals surface area contributed by atoms with Crippen LogP contribution in [0.3, 0.4) is 0 Å². The van der Waals surface area contributed by atoms with Crippen LogP contribution in [0.25, 0.3) is 0 Å². The van der Waals surface area contributed by atoms with Crippen molar-refractivity contribution in [2.24, 2.45) is 0 Å². The van der Waals surface area contributed by atoms with E-state index in [9.17, 15) is 19.5 Å². The van der Waals surface area contributed by atoms with Gasteiger partial charge in [0.25, 0.3) is 0 Å². The molecule has 0 radical (unpaired) electrons. The van der Waals surface area contributed by atoms with E-state index < -0.39 is 29.1 Å². The Bertz CT molecular complexity index is 422. The average molecular weight is 285 g/mol. The fourth-order valence-electron chi connectivity index (χ4n) is 2.49. The molecule has 1 fully saturated rings. The molecule has 0 aliphatic carbocycles. The summed E-state index contributed by atoms with van der Waals surface area (Å²) in [7, 11) is 0. The number of carbonyl (C=O) groups is 3. The summed E-state index contributed by atoms with van der Waals surface area (Å²) in [5, 5.41) is 9.18. The fraction of sp³-hybridized carbons (Fsp3) is 0.786. The number of carbonyl (C=O) groups excluding carboxylic acids is 2. The van der Waals surface area contributed by atoms with Gasteiger partial charge in [-0.15, -0.1) is 0 Å². The molecule has 1 N–H and O–H groups in total. The Morgan fingerprint density at radius 1 is 1.30 bits per heavy atom. The highest BCUT2D eigenvalue weighted by Crippen LogP contribution is 2.31. The number of esters is 1. The van der Waals surface area contributed by atoms with Crippen LogP contribution >= 0.6 is 0 Å². The number of aliphatic carboxylic acids is 1. The number of nitrogens with zero attached hydrogens (tertiary/aromatic N) is 1. The Morgan fingerprint density at radius 3 is 2.30 bits per heavy atom. The maximum absolute atomic E-state index is 11.9. The largest absolute Gasteiger partial charge is 0.480 e. The van der Waals surface area contributed by atoms with Crippen LogP contribution in [-0.2, 0) is 19.1 Å². The lowest BCUT2D eigenvalue weighted by Gasteiger charge is -2.38. The van der Waals surface area contributed by atoms with E-state index in [1.165, 1.54) is 4.90 Å². The molecule has 1 heterocycles. The first-order chi connectivity index (χ1) is 8.94. The van der Waals surface area contributed by atoms with Gasteiger partial charge in [-0.3, -0.25) is 9.59 Å². The first-order valence-electron chi connectivity index (χ1n) is 6.71. The van der Waals surface area contributed by atoms with Crippen molar-refractivity contribution in [2.75, 3.05) is 0 Å². The van der Waals surface area contributed by atoms with Gasteiger partial charge in [0.05, 0.1) is 6.42 Å². The van der Waals surface area contributed by atoms with Crippen molar-refractivity contribution in [3.8, 4) is 0 Å². The van der Waals surface area contributed by atoms with Gasteiger partial charge in [0.1, 0.15) is 11.6 Å². The Morgan fingerprint density at radius 2 is 1.85 bits per heavy atom. The first-order valence-corrected chi connectivity index (χ1v) is 6.71. The molecule has 114 valence electrons. The molecule has 1 aliphatic heterocycles. The molecule has 0 unspecified atom stereocenters. The molecule has 0 aromatic rings. The molecule has 1 atom stereocenters. The molecule has 6 nitrogen and oxygen atoms in total. The van der Waals surface area contributed by atoms with Crippen LogP contribution in [0, 0.1) is 0 Å². The summed E-state index contributed by atoms with van der Waals surface area (Å²) in [5.41, 5.74) is -1.48. The summed E-state index contributed by atoms with van der Waals surface area (Å²) in [6.45, 7) is 8.67. The van der Waals surface area contributed by atoms with E-state index in [0.29, 0.717) is 0 Å². The van der Waals surface area contributed by atoms with E-state index in [-0.39, 0.29) is 25.2 Å². The highest BCUT2D eigenvalue weighted by molar-refractivity contribution is 5.88. The van der Waals surface area contributed by atoms with Gasteiger partial charge in [-0.25, -0.2) is 4.79 Å². The van der Waals surface area contributed by atoms with Gasteiger partial charge in [0.15, 0.2) is 0 Å². The van der Waals surface area contributed by atoms with Crippen LogP contribution in [-0.4, -0.2) is 45.0 Å². The Hall–Kier alpha value is -1.59. The number of hydrogen-bond acceptors (Lipinski definition) is 4. The zero-order valence-corrected chi connectivity index (χ0v) is 12.7. The van der Waals surface area contributed by atoms with E-state index in [2.05, 4.69) is 0 Å². The third-order valence-electron chi connectivity index (χ3n) is 3.15. The fourth-order valence-corrected chi connectivity index (χ4v) is 2.49. The van der Waals surface area contributed by atoms with Gasteiger partial charge >= 0.3 is 11.9 Å². The number of rotatable bonds is 4. The maximum Gasteiger partial charge on any atom is 0.326 e. The van der Waals surface area contributed by atoms with E-state index in [1.807, 2.05) is 0 Å². The Labute approximate surface area is 119 Å². The van der Waals surface area contributed by atoms with E-state index >= 15 is 0 Å². The minimum absolute atomic E-state index is 0.0280. The zero-order chi connectivity index (χ0) is 15.7. The second kappa shape index (κ2) is 5.42. The lowest BCUT2D eigenvalue weighted by molar-refractivity contribution is -0.161. The van der Waals surface area contributed by atoms with Gasteiger partial charge < -0.3 is 14.7 Å². The highest BCUT2D eigenvalue weighted by Gasteiger charge is 2.45. The van der Waals surface area contributed by atoms with Gasteiger partial charge in [-0.1, -0.05) is 0 Å². The highest BCUT2D eigenvalue weighted by atomic mass is 16.6. The van der Waals surface area contributed by atoms with Crippen molar-refractivity contribution in [1.29, 1.82) is 0 Å². The lowest BCUT2D eigenvalue weighted by Crippen LogP contribution is -2.53. The van der Waals surface area contributed by atoms with E-state index in [0.717, 1.165) is 0 Å². The lowest BCUT2D eigenvalue weighted by atomic mass is 9.96.